The molecule has 3 aliphatic carbocycles. The van der Waals surface area contributed by atoms with E-state index in [9.17, 15) is 18.0 Å². The molecule has 0 radical (unpaired) electrons. The lowest BCUT2D eigenvalue weighted by Crippen LogP contribution is -2.29. The maximum absolute atomic E-state index is 14.3. The molecule has 3 saturated carbocycles. The van der Waals surface area contributed by atoms with Crippen molar-refractivity contribution < 1.29 is 22.1 Å². The number of halogens is 3. The van der Waals surface area contributed by atoms with Gasteiger partial charge in [-0.1, -0.05) is 106 Å². The van der Waals surface area contributed by atoms with Crippen molar-refractivity contribution in [2.24, 2.45) is 0 Å². The highest BCUT2D eigenvalue weighted by molar-refractivity contribution is 8.30. The van der Waals surface area contributed by atoms with Gasteiger partial charge in [0.25, 0.3) is 0 Å². The van der Waals surface area contributed by atoms with Crippen molar-refractivity contribution in [3.8, 4) is 0 Å². The normalized spacial score (nSPS) is 19.9. The summed E-state index contributed by atoms with van der Waals surface area (Å²) in [6.07, 6.45) is 11.8. The van der Waals surface area contributed by atoms with Crippen molar-refractivity contribution >= 4 is 16.3 Å². The summed E-state index contributed by atoms with van der Waals surface area (Å²) in [6, 6.07) is 23.4. The van der Waals surface area contributed by atoms with Gasteiger partial charge in [-0.2, -0.15) is 13.2 Å². The molecule has 0 bridgehead atoms. The third-order valence-corrected chi connectivity index (χ3v) is 13.5. The zero-order valence-electron chi connectivity index (χ0n) is 25.6. The second-order valence-corrected chi connectivity index (χ2v) is 15.7. The summed E-state index contributed by atoms with van der Waals surface area (Å²) in [4.78, 5) is 15.3. The molecule has 0 aliphatic heterocycles. The third-order valence-electron chi connectivity index (χ3n) is 10.2. The molecular weight excluding hydrogens is 577 g/mol. The van der Waals surface area contributed by atoms with Crippen LogP contribution in [-0.4, -0.2) is 12.1 Å². The van der Waals surface area contributed by atoms with Crippen molar-refractivity contribution in [3.05, 3.63) is 89.5 Å². The van der Waals surface area contributed by atoms with Crippen molar-refractivity contribution in [2.75, 3.05) is 0 Å². The number of benzene rings is 3. The standard InChI is InChI=1S/C38H45F3O2S/c39-38(40,41)37(42)43-44(32-22-12-4-13-23-32,33-24-14-5-15-25-33)36-34(29-18-8-2-9-19-29)26-31(28-16-6-1-7-17-28)27-35(36)30-20-10-3-11-21-30/h4-5,12-15,22-30H,1-3,6-11,16-21H2. The van der Waals surface area contributed by atoms with Crippen molar-refractivity contribution in [1.29, 1.82) is 0 Å². The molecule has 0 saturated heterocycles. The van der Waals surface area contributed by atoms with E-state index in [1.165, 1.54) is 37.7 Å². The number of alkyl halides is 3. The zero-order valence-corrected chi connectivity index (χ0v) is 26.4. The number of hydrogen-bond acceptors (Lipinski definition) is 2. The van der Waals surface area contributed by atoms with Crippen LogP contribution in [0, 0.1) is 0 Å². The van der Waals surface area contributed by atoms with E-state index in [1.54, 1.807) is 0 Å². The third kappa shape index (κ3) is 6.47. The van der Waals surface area contributed by atoms with Gasteiger partial charge in [0.1, 0.15) is 0 Å². The molecule has 3 aliphatic rings. The van der Waals surface area contributed by atoms with Gasteiger partial charge >= 0.3 is 12.1 Å². The maximum atomic E-state index is 14.3. The van der Waals surface area contributed by atoms with Gasteiger partial charge in [-0.15, -0.1) is 0 Å². The second kappa shape index (κ2) is 13.7. The van der Waals surface area contributed by atoms with Gasteiger partial charge in [-0.25, -0.2) is 4.79 Å². The van der Waals surface area contributed by atoms with Crippen LogP contribution in [-0.2, 0) is 8.98 Å². The molecule has 44 heavy (non-hydrogen) atoms. The first-order valence-corrected chi connectivity index (χ1v) is 18.4. The predicted octanol–water partition coefficient (Wildman–Crippen LogP) is 12.1. The van der Waals surface area contributed by atoms with Crippen LogP contribution in [0.15, 0.2) is 87.5 Å². The zero-order chi connectivity index (χ0) is 30.6. The number of carbonyl (C=O) groups is 1. The molecule has 0 unspecified atom stereocenters. The first kappa shape index (κ1) is 31.3. The summed E-state index contributed by atoms with van der Waals surface area (Å²) in [6.45, 7) is 0. The fourth-order valence-corrected chi connectivity index (χ4v) is 11.6. The Hall–Kier alpha value is -2.73. The molecule has 6 heteroatoms. The first-order chi connectivity index (χ1) is 21.4. The van der Waals surface area contributed by atoms with E-state index in [1.807, 2.05) is 60.7 Å². The smallest absolute Gasteiger partial charge is 0.395 e. The number of hydrogen-bond donors (Lipinski definition) is 0. The minimum absolute atomic E-state index is 0.230. The molecule has 236 valence electrons. The summed E-state index contributed by atoms with van der Waals surface area (Å²) in [5, 5.41) is 0. The Morgan fingerprint density at radius 3 is 1.36 bits per heavy atom. The van der Waals surface area contributed by atoms with Crippen molar-refractivity contribution in [1.82, 2.24) is 0 Å². The van der Waals surface area contributed by atoms with E-state index in [2.05, 4.69) is 12.1 Å². The van der Waals surface area contributed by atoms with Gasteiger partial charge in [0.2, 0.25) is 0 Å². The average molecular weight is 623 g/mol. The Bertz CT molecular complexity index is 1310. The summed E-state index contributed by atoms with van der Waals surface area (Å²) < 4.78 is 49.0. The van der Waals surface area contributed by atoms with Gasteiger partial charge in [0, 0.05) is 14.7 Å². The van der Waals surface area contributed by atoms with E-state index in [4.69, 9.17) is 4.18 Å². The maximum Gasteiger partial charge on any atom is 0.491 e. The van der Waals surface area contributed by atoms with E-state index in [0.717, 1.165) is 80.2 Å². The van der Waals surface area contributed by atoms with Gasteiger partial charge in [0.05, 0.1) is 0 Å². The molecule has 0 spiro atoms. The molecule has 0 aromatic heterocycles. The molecule has 0 atom stereocenters. The molecule has 0 heterocycles. The van der Waals surface area contributed by atoms with Gasteiger partial charge < -0.3 is 4.18 Å². The van der Waals surface area contributed by atoms with Gasteiger partial charge in [0.15, 0.2) is 0 Å². The van der Waals surface area contributed by atoms with Crippen LogP contribution < -0.4 is 0 Å². The summed E-state index contributed by atoms with van der Waals surface area (Å²) in [5.74, 6) is -1.18. The lowest BCUT2D eigenvalue weighted by molar-refractivity contribution is -0.188. The first-order valence-electron chi connectivity index (χ1n) is 16.8. The summed E-state index contributed by atoms with van der Waals surface area (Å²) >= 11 is 0. The number of carbonyl (C=O) groups excluding carboxylic acids is 1. The Kier molecular flexibility index (Phi) is 9.75. The highest BCUT2D eigenvalue weighted by atomic mass is 32.3. The Morgan fingerprint density at radius 1 is 0.591 bits per heavy atom. The fourth-order valence-electron chi connectivity index (χ4n) is 8.03. The second-order valence-electron chi connectivity index (χ2n) is 13.1. The van der Waals surface area contributed by atoms with Crippen molar-refractivity contribution in [2.45, 2.75) is 135 Å². The molecule has 3 fully saturated rings. The summed E-state index contributed by atoms with van der Waals surface area (Å²) in [7, 11) is -3.09. The molecule has 3 aromatic carbocycles. The monoisotopic (exact) mass is 622 g/mol. The van der Waals surface area contributed by atoms with E-state index in [0.29, 0.717) is 15.7 Å². The van der Waals surface area contributed by atoms with Gasteiger partial charge in [-0.05, 0) is 108 Å². The Morgan fingerprint density at radius 2 is 0.977 bits per heavy atom. The highest BCUT2D eigenvalue weighted by Gasteiger charge is 2.49. The lowest BCUT2D eigenvalue weighted by atomic mass is 9.76. The minimum atomic E-state index is -5.11. The van der Waals surface area contributed by atoms with Crippen LogP contribution in [0.3, 0.4) is 0 Å². The average Bonchev–Trinajstić information content (AvgIpc) is 3.08. The Labute approximate surface area is 262 Å². The molecule has 6 rings (SSSR count). The molecule has 3 aromatic rings. The molecule has 0 N–H and O–H groups in total. The highest BCUT2D eigenvalue weighted by Crippen LogP contribution is 2.73. The minimum Gasteiger partial charge on any atom is -0.395 e. The Balaban J connectivity index is 1.71. The molecular formula is C38H45F3O2S. The lowest BCUT2D eigenvalue weighted by Gasteiger charge is -2.45. The number of rotatable bonds is 7. The topological polar surface area (TPSA) is 26.3 Å². The molecule has 0 amide bonds. The van der Waals surface area contributed by atoms with E-state index in [-0.39, 0.29) is 11.8 Å². The van der Waals surface area contributed by atoms with E-state index >= 15 is 0 Å². The van der Waals surface area contributed by atoms with Crippen LogP contribution in [0.1, 0.15) is 131 Å². The predicted molar refractivity (Wildman–Crippen MR) is 171 cm³/mol. The van der Waals surface area contributed by atoms with Crippen LogP contribution in [0.5, 0.6) is 0 Å². The quantitative estimate of drug-likeness (QED) is 0.262. The van der Waals surface area contributed by atoms with Crippen LogP contribution in [0.4, 0.5) is 13.2 Å². The van der Waals surface area contributed by atoms with Gasteiger partial charge in [-0.3, -0.25) is 0 Å². The van der Waals surface area contributed by atoms with Crippen LogP contribution in [0.25, 0.3) is 0 Å². The summed E-state index contributed by atoms with van der Waals surface area (Å²) in [5.41, 5.74) is 3.64. The molecule has 2 nitrogen and oxygen atoms in total. The van der Waals surface area contributed by atoms with Crippen LogP contribution in [0.2, 0.25) is 0 Å². The van der Waals surface area contributed by atoms with Crippen LogP contribution >= 0.6 is 10.3 Å². The van der Waals surface area contributed by atoms with Crippen molar-refractivity contribution in [3.63, 3.8) is 0 Å². The fraction of sp³-hybridized carbons (Fsp3) is 0.500. The largest absolute Gasteiger partial charge is 0.491 e. The SMILES string of the molecule is O=C(OS(c1ccccc1)(c1ccccc1)c1c(C2CCCCC2)cc(C2CCCCC2)cc1C1CCCCC1)C(F)(F)F. The van der Waals surface area contributed by atoms with E-state index < -0.39 is 22.5 Å².